The van der Waals surface area contributed by atoms with E-state index in [0.29, 0.717) is 30.7 Å². The summed E-state index contributed by atoms with van der Waals surface area (Å²) in [6.07, 6.45) is 3.29. The number of hydrogen-bond acceptors (Lipinski definition) is 6. The number of nitrogens with one attached hydrogen (secondary N) is 2. The van der Waals surface area contributed by atoms with Gasteiger partial charge in [-0.1, -0.05) is 43.2 Å². The molecule has 0 spiro atoms. The summed E-state index contributed by atoms with van der Waals surface area (Å²) in [7, 11) is 0. The molecule has 0 saturated carbocycles. The maximum Gasteiger partial charge on any atom is 0.252 e. The Morgan fingerprint density at radius 3 is 2.74 bits per heavy atom. The van der Waals surface area contributed by atoms with Gasteiger partial charge in [0.1, 0.15) is 6.61 Å². The van der Waals surface area contributed by atoms with E-state index in [1.807, 2.05) is 44.2 Å². The van der Waals surface area contributed by atoms with Gasteiger partial charge in [-0.15, -0.1) is 0 Å². The molecule has 0 saturated heterocycles. The molecule has 1 heterocycles. The smallest absolute Gasteiger partial charge is 0.252 e. The summed E-state index contributed by atoms with van der Waals surface area (Å²) >= 11 is 0. The average molecular weight is 421 g/mol. The molecule has 31 heavy (non-hydrogen) atoms. The van der Waals surface area contributed by atoms with Gasteiger partial charge in [-0.05, 0) is 49.6 Å². The van der Waals surface area contributed by atoms with Crippen LogP contribution in [-0.4, -0.2) is 22.8 Å². The van der Waals surface area contributed by atoms with Crippen molar-refractivity contribution in [2.75, 3.05) is 12.0 Å². The van der Waals surface area contributed by atoms with Gasteiger partial charge in [-0.3, -0.25) is 9.78 Å². The van der Waals surface area contributed by atoms with E-state index in [-0.39, 0.29) is 5.56 Å². The summed E-state index contributed by atoms with van der Waals surface area (Å²) in [4.78, 5) is 18.7. The molecule has 0 amide bonds. The molecule has 0 aliphatic rings. The predicted molar refractivity (Wildman–Crippen MR) is 123 cm³/mol. The monoisotopic (exact) mass is 420 g/mol. The van der Waals surface area contributed by atoms with Gasteiger partial charge in [-0.25, -0.2) is 10.4 Å². The van der Waals surface area contributed by atoms with Crippen LogP contribution in [0.15, 0.2) is 58.4 Å². The van der Waals surface area contributed by atoms with Gasteiger partial charge < -0.3 is 9.47 Å². The van der Waals surface area contributed by atoms with Crippen LogP contribution < -0.4 is 20.5 Å². The first-order valence-corrected chi connectivity index (χ1v) is 10.4. The first-order valence-electron chi connectivity index (χ1n) is 10.4. The third kappa shape index (κ3) is 6.70. The highest BCUT2D eigenvalue weighted by Crippen LogP contribution is 2.29. The lowest BCUT2D eigenvalue weighted by molar-refractivity contribution is 0.269. The lowest BCUT2D eigenvalue weighted by atomic mass is 10.1. The van der Waals surface area contributed by atoms with Crippen molar-refractivity contribution >= 4 is 12.2 Å². The molecule has 1 aromatic heterocycles. The number of aryl methyl sites for hydroxylation is 2. The zero-order valence-corrected chi connectivity index (χ0v) is 18.1. The molecule has 7 heteroatoms. The van der Waals surface area contributed by atoms with Crippen LogP contribution in [0.3, 0.4) is 0 Å². The van der Waals surface area contributed by atoms with Crippen molar-refractivity contribution in [3.05, 3.63) is 81.3 Å². The topological polar surface area (TPSA) is 88.6 Å². The largest absolute Gasteiger partial charge is 0.490 e. The van der Waals surface area contributed by atoms with E-state index in [1.54, 1.807) is 6.21 Å². The zero-order chi connectivity index (χ0) is 22.1. The highest BCUT2D eigenvalue weighted by Gasteiger charge is 2.07. The second kappa shape index (κ2) is 11.0. The van der Waals surface area contributed by atoms with Crippen molar-refractivity contribution in [2.45, 2.75) is 40.2 Å². The summed E-state index contributed by atoms with van der Waals surface area (Å²) < 4.78 is 11.7. The quantitative estimate of drug-likeness (QED) is 0.374. The van der Waals surface area contributed by atoms with E-state index in [4.69, 9.17) is 9.47 Å². The molecule has 0 aliphatic heterocycles. The number of nitrogens with zero attached hydrogens (tertiary/aromatic N) is 2. The number of hydrogen-bond donors (Lipinski definition) is 2. The first-order chi connectivity index (χ1) is 15.1. The van der Waals surface area contributed by atoms with E-state index in [1.165, 1.54) is 11.6 Å². The van der Waals surface area contributed by atoms with Crippen LogP contribution in [-0.2, 0) is 13.0 Å². The Hall–Kier alpha value is -3.61. The Balaban J connectivity index is 1.69. The molecule has 7 nitrogen and oxygen atoms in total. The van der Waals surface area contributed by atoms with Crippen LogP contribution >= 0.6 is 0 Å². The van der Waals surface area contributed by atoms with Crippen LogP contribution in [0, 0.1) is 6.92 Å². The number of benzene rings is 2. The summed E-state index contributed by atoms with van der Waals surface area (Å²) in [6.45, 7) is 7.01. The van der Waals surface area contributed by atoms with Crippen molar-refractivity contribution in [2.24, 2.45) is 5.10 Å². The minimum Gasteiger partial charge on any atom is -0.490 e. The van der Waals surface area contributed by atoms with Crippen LogP contribution in [0.5, 0.6) is 11.5 Å². The molecule has 0 aliphatic carbocycles. The van der Waals surface area contributed by atoms with Gasteiger partial charge in [0, 0.05) is 11.8 Å². The summed E-state index contributed by atoms with van der Waals surface area (Å²) in [5.74, 6) is 1.64. The summed E-state index contributed by atoms with van der Waals surface area (Å²) in [5.41, 5.74) is 6.43. The van der Waals surface area contributed by atoms with Crippen LogP contribution in [0.2, 0.25) is 0 Å². The van der Waals surface area contributed by atoms with E-state index >= 15 is 0 Å². The maximum atomic E-state index is 11.7. The molecule has 0 atom stereocenters. The molecule has 2 aromatic carbocycles. The molecule has 0 fully saturated rings. The average Bonchev–Trinajstić information content (AvgIpc) is 2.73. The summed E-state index contributed by atoms with van der Waals surface area (Å²) in [5, 5.41) is 4.18. The first kappa shape index (κ1) is 22.1. The zero-order valence-electron chi connectivity index (χ0n) is 18.1. The van der Waals surface area contributed by atoms with Gasteiger partial charge in [0.25, 0.3) is 5.56 Å². The Kier molecular flexibility index (Phi) is 7.81. The number of rotatable bonds is 10. The van der Waals surface area contributed by atoms with Gasteiger partial charge >= 0.3 is 0 Å². The molecule has 0 radical (unpaired) electrons. The number of anilines is 1. The highest BCUT2D eigenvalue weighted by atomic mass is 16.5. The second-order valence-electron chi connectivity index (χ2n) is 7.12. The van der Waals surface area contributed by atoms with Crippen LogP contribution in [0.4, 0.5) is 5.95 Å². The molecule has 162 valence electrons. The normalized spacial score (nSPS) is 10.9. The maximum absolute atomic E-state index is 11.7. The molecular formula is C24H28N4O3. The number of hydrazone groups is 1. The van der Waals surface area contributed by atoms with Gasteiger partial charge in [0.05, 0.1) is 12.8 Å². The highest BCUT2D eigenvalue weighted by molar-refractivity contribution is 5.81. The molecule has 3 aromatic rings. The third-order valence-electron chi connectivity index (χ3n) is 4.43. The second-order valence-corrected chi connectivity index (χ2v) is 7.12. The number of aromatic amines is 1. The Labute approximate surface area is 182 Å². The van der Waals surface area contributed by atoms with Crippen molar-refractivity contribution in [1.29, 1.82) is 0 Å². The molecular weight excluding hydrogens is 392 g/mol. The van der Waals surface area contributed by atoms with Gasteiger partial charge in [-0.2, -0.15) is 5.10 Å². The number of H-pyrrole nitrogens is 1. The minimum absolute atomic E-state index is 0.204. The van der Waals surface area contributed by atoms with E-state index < -0.39 is 0 Å². The standard InChI is InChI=1S/C24H28N4O3/c1-4-7-20-14-23(29)27-24(26-20)28-25-15-18-10-11-21(22(13-18)30-5-2)31-16-19-9-6-8-17(3)12-19/h6,8-15H,4-5,7,16H2,1-3H3,(H2,26,27,28,29)/b25-15+. The van der Waals surface area contributed by atoms with E-state index in [2.05, 4.69) is 39.6 Å². The Morgan fingerprint density at radius 2 is 1.97 bits per heavy atom. The summed E-state index contributed by atoms with van der Waals surface area (Å²) in [6, 6.07) is 15.3. The SMILES string of the molecule is CCCc1cc(=O)[nH]c(N/N=C/c2ccc(OCc3cccc(C)c3)c(OCC)c2)n1. The lowest BCUT2D eigenvalue weighted by Crippen LogP contribution is -2.12. The Morgan fingerprint density at radius 1 is 1.10 bits per heavy atom. The molecule has 2 N–H and O–H groups in total. The fraction of sp³-hybridized carbons (Fsp3) is 0.292. The molecule has 3 rings (SSSR count). The van der Waals surface area contributed by atoms with Crippen molar-refractivity contribution < 1.29 is 9.47 Å². The van der Waals surface area contributed by atoms with Crippen molar-refractivity contribution in [3.8, 4) is 11.5 Å². The van der Waals surface area contributed by atoms with Gasteiger partial charge in [0.2, 0.25) is 5.95 Å². The Bertz CT molecular complexity index is 1090. The molecule has 0 bridgehead atoms. The van der Waals surface area contributed by atoms with E-state index in [0.717, 1.165) is 29.7 Å². The lowest BCUT2D eigenvalue weighted by Gasteiger charge is -2.13. The fourth-order valence-electron chi connectivity index (χ4n) is 3.07. The van der Waals surface area contributed by atoms with Crippen molar-refractivity contribution in [1.82, 2.24) is 9.97 Å². The minimum atomic E-state index is -0.204. The predicted octanol–water partition coefficient (Wildman–Crippen LogP) is 4.45. The third-order valence-corrected chi connectivity index (χ3v) is 4.43. The molecule has 0 unspecified atom stereocenters. The fourth-order valence-corrected chi connectivity index (χ4v) is 3.07. The van der Waals surface area contributed by atoms with Crippen molar-refractivity contribution in [3.63, 3.8) is 0 Å². The van der Waals surface area contributed by atoms with Gasteiger partial charge in [0.15, 0.2) is 11.5 Å². The van der Waals surface area contributed by atoms with Crippen LogP contribution in [0.25, 0.3) is 0 Å². The number of ether oxygens (including phenoxy) is 2. The van der Waals surface area contributed by atoms with E-state index in [9.17, 15) is 4.79 Å². The number of aromatic nitrogens is 2. The van der Waals surface area contributed by atoms with Crippen LogP contribution in [0.1, 0.15) is 42.7 Å².